The van der Waals surface area contributed by atoms with E-state index in [0.717, 1.165) is 0 Å². The normalized spacial score (nSPS) is 10.9. The predicted octanol–water partition coefficient (Wildman–Crippen LogP) is 4.24. The minimum absolute atomic E-state index is 0.0156. The first-order valence-corrected chi connectivity index (χ1v) is 9.26. The lowest BCUT2D eigenvalue weighted by molar-refractivity contribution is 0.0960. The summed E-state index contributed by atoms with van der Waals surface area (Å²) in [5, 5.41) is 15.8. The zero-order chi connectivity index (χ0) is 20.5. The second-order valence-corrected chi connectivity index (χ2v) is 7.11. The number of benzene rings is 2. The van der Waals surface area contributed by atoms with Gasteiger partial charge in [-0.2, -0.15) is 5.10 Å². The van der Waals surface area contributed by atoms with Crippen LogP contribution in [0.4, 0.5) is 5.82 Å². The van der Waals surface area contributed by atoms with Crippen LogP contribution in [-0.2, 0) is 0 Å². The van der Waals surface area contributed by atoms with Crippen molar-refractivity contribution in [2.75, 3.05) is 5.43 Å². The van der Waals surface area contributed by atoms with Crippen LogP contribution in [0.3, 0.4) is 0 Å². The average Bonchev–Trinajstić information content (AvgIpc) is 3.15. The van der Waals surface area contributed by atoms with Crippen molar-refractivity contribution in [3.8, 4) is 11.4 Å². The highest BCUT2D eigenvalue weighted by molar-refractivity contribution is 6.42. The van der Waals surface area contributed by atoms with Crippen LogP contribution in [0.1, 0.15) is 10.4 Å². The molecule has 29 heavy (non-hydrogen) atoms. The first-order chi connectivity index (χ1) is 13.9. The average molecular weight is 450 g/mol. The number of nitrogens with zero attached hydrogens (tertiary/aromatic N) is 4. The van der Waals surface area contributed by atoms with Crippen LogP contribution in [0.5, 0.6) is 5.75 Å². The van der Waals surface area contributed by atoms with Gasteiger partial charge in [-0.3, -0.25) is 15.6 Å². The maximum absolute atomic E-state index is 12.3. The molecule has 2 aromatic heterocycles. The number of hydrogen-bond donors (Lipinski definition) is 3. The summed E-state index contributed by atoms with van der Waals surface area (Å²) in [6, 6.07) is 9.24. The van der Waals surface area contributed by atoms with Gasteiger partial charge in [0, 0.05) is 5.02 Å². The highest BCUT2D eigenvalue weighted by atomic mass is 35.5. The molecular weight excluding hydrogens is 439 g/mol. The van der Waals surface area contributed by atoms with Gasteiger partial charge in [0.05, 0.1) is 32.9 Å². The predicted molar refractivity (Wildman–Crippen MR) is 111 cm³/mol. The Labute approximate surface area is 179 Å². The van der Waals surface area contributed by atoms with Crippen LogP contribution in [0.2, 0.25) is 15.1 Å². The SMILES string of the molecule is O=C(NNc1ncnc2c1cnn2-c1ccc(Cl)c(Cl)c1)c1cc(Cl)ccc1O. The van der Waals surface area contributed by atoms with Crippen LogP contribution in [0.15, 0.2) is 48.9 Å². The molecule has 0 unspecified atom stereocenters. The molecule has 0 saturated heterocycles. The minimum Gasteiger partial charge on any atom is -0.507 e. The van der Waals surface area contributed by atoms with E-state index in [-0.39, 0.29) is 11.3 Å². The molecule has 2 aromatic carbocycles. The number of hydrogen-bond acceptors (Lipinski definition) is 6. The smallest absolute Gasteiger partial charge is 0.273 e. The van der Waals surface area contributed by atoms with Gasteiger partial charge in [0.2, 0.25) is 0 Å². The topological polar surface area (TPSA) is 105 Å². The van der Waals surface area contributed by atoms with Gasteiger partial charge in [0.25, 0.3) is 5.91 Å². The molecule has 0 fully saturated rings. The van der Waals surface area contributed by atoms with E-state index in [2.05, 4.69) is 25.9 Å². The summed E-state index contributed by atoms with van der Waals surface area (Å²) in [6.07, 6.45) is 2.87. The van der Waals surface area contributed by atoms with Crippen molar-refractivity contribution in [1.29, 1.82) is 0 Å². The van der Waals surface area contributed by atoms with Gasteiger partial charge in [0.15, 0.2) is 11.5 Å². The highest BCUT2D eigenvalue weighted by Gasteiger charge is 2.15. The molecule has 0 bridgehead atoms. The van der Waals surface area contributed by atoms with Crippen molar-refractivity contribution in [2.45, 2.75) is 0 Å². The van der Waals surface area contributed by atoms with E-state index < -0.39 is 5.91 Å². The zero-order valence-electron chi connectivity index (χ0n) is 14.4. The summed E-state index contributed by atoms with van der Waals surface area (Å²) in [6.45, 7) is 0. The summed E-state index contributed by atoms with van der Waals surface area (Å²) >= 11 is 17.9. The summed E-state index contributed by atoms with van der Waals surface area (Å²) < 4.78 is 1.56. The number of halogens is 3. The molecule has 4 aromatic rings. The number of aromatic nitrogens is 4. The Hall–Kier alpha value is -3.07. The lowest BCUT2D eigenvalue weighted by Crippen LogP contribution is -2.30. The lowest BCUT2D eigenvalue weighted by atomic mass is 10.2. The van der Waals surface area contributed by atoms with Gasteiger partial charge in [-0.1, -0.05) is 34.8 Å². The Morgan fingerprint density at radius 3 is 2.66 bits per heavy atom. The van der Waals surface area contributed by atoms with Crippen molar-refractivity contribution in [1.82, 2.24) is 25.2 Å². The van der Waals surface area contributed by atoms with E-state index in [4.69, 9.17) is 34.8 Å². The molecular formula is C18H11Cl3N6O2. The molecule has 0 saturated carbocycles. The molecule has 3 N–H and O–H groups in total. The van der Waals surface area contributed by atoms with E-state index in [1.165, 1.54) is 24.5 Å². The second kappa shape index (κ2) is 7.75. The Bertz CT molecular complexity index is 1240. The number of amides is 1. The van der Waals surface area contributed by atoms with Crippen molar-refractivity contribution in [3.63, 3.8) is 0 Å². The van der Waals surface area contributed by atoms with Gasteiger partial charge >= 0.3 is 0 Å². The van der Waals surface area contributed by atoms with Gasteiger partial charge in [-0.15, -0.1) is 0 Å². The molecule has 0 aliphatic rings. The standard InChI is InChI=1S/C18H11Cl3N6O2/c19-9-1-4-15(28)11(5-9)18(29)26-25-16-12-7-24-27(17(12)23-8-22-16)10-2-3-13(20)14(21)6-10/h1-8,28H,(H,26,29)(H,22,23,25). The number of rotatable bonds is 4. The number of aromatic hydroxyl groups is 1. The fourth-order valence-corrected chi connectivity index (χ4v) is 3.09. The van der Waals surface area contributed by atoms with Crippen LogP contribution < -0.4 is 10.9 Å². The molecule has 11 heteroatoms. The van der Waals surface area contributed by atoms with Crippen molar-refractivity contribution in [2.24, 2.45) is 0 Å². The molecule has 4 rings (SSSR count). The highest BCUT2D eigenvalue weighted by Crippen LogP contribution is 2.27. The van der Waals surface area contributed by atoms with Crippen LogP contribution in [0, 0.1) is 0 Å². The van der Waals surface area contributed by atoms with Crippen LogP contribution in [0.25, 0.3) is 16.7 Å². The third-order valence-electron chi connectivity index (χ3n) is 4.01. The maximum atomic E-state index is 12.3. The van der Waals surface area contributed by atoms with Crippen LogP contribution >= 0.6 is 34.8 Å². The van der Waals surface area contributed by atoms with Gasteiger partial charge in [-0.25, -0.2) is 14.6 Å². The third kappa shape index (κ3) is 3.77. The van der Waals surface area contributed by atoms with Gasteiger partial charge in [-0.05, 0) is 36.4 Å². The van der Waals surface area contributed by atoms with E-state index in [0.29, 0.717) is 37.6 Å². The summed E-state index contributed by atoms with van der Waals surface area (Å²) in [5.74, 6) is -0.473. The number of hydrazine groups is 1. The fourth-order valence-electron chi connectivity index (χ4n) is 2.62. The summed E-state index contributed by atoms with van der Waals surface area (Å²) in [4.78, 5) is 20.7. The molecule has 0 aliphatic heterocycles. The Morgan fingerprint density at radius 2 is 1.86 bits per heavy atom. The third-order valence-corrected chi connectivity index (χ3v) is 4.99. The molecule has 1 amide bonds. The first kappa shape index (κ1) is 19.3. The second-order valence-electron chi connectivity index (χ2n) is 5.85. The fraction of sp³-hybridized carbons (Fsp3) is 0. The van der Waals surface area contributed by atoms with Crippen molar-refractivity contribution < 1.29 is 9.90 Å². The van der Waals surface area contributed by atoms with Crippen molar-refractivity contribution >= 4 is 57.6 Å². The van der Waals surface area contributed by atoms with Gasteiger partial charge in [0.1, 0.15) is 12.1 Å². The first-order valence-electron chi connectivity index (χ1n) is 8.13. The number of anilines is 1. The molecule has 0 radical (unpaired) electrons. The van der Waals surface area contributed by atoms with Crippen molar-refractivity contribution in [3.05, 3.63) is 69.6 Å². The number of fused-ring (bicyclic) bond motifs is 1. The maximum Gasteiger partial charge on any atom is 0.273 e. The molecule has 2 heterocycles. The molecule has 0 spiro atoms. The summed E-state index contributed by atoms with van der Waals surface area (Å²) in [5.41, 5.74) is 6.34. The molecule has 0 aliphatic carbocycles. The number of carbonyl (C=O) groups is 1. The molecule has 0 atom stereocenters. The van der Waals surface area contributed by atoms with Crippen LogP contribution in [-0.4, -0.2) is 30.8 Å². The number of carbonyl (C=O) groups excluding carboxylic acids is 1. The lowest BCUT2D eigenvalue weighted by Gasteiger charge is -2.10. The zero-order valence-corrected chi connectivity index (χ0v) is 16.7. The molecule has 8 nitrogen and oxygen atoms in total. The monoisotopic (exact) mass is 448 g/mol. The Balaban J connectivity index is 1.62. The number of phenols is 1. The van der Waals surface area contributed by atoms with E-state index >= 15 is 0 Å². The minimum atomic E-state index is -0.589. The van der Waals surface area contributed by atoms with E-state index in [1.807, 2.05) is 0 Å². The molecule has 146 valence electrons. The van der Waals surface area contributed by atoms with E-state index in [9.17, 15) is 9.90 Å². The van der Waals surface area contributed by atoms with E-state index in [1.54, 1.807) is 29.1 Å². The summed E-state index contributed by atoms with van der Waals surface area (Å²) in [7, 11) is 0. The number of nitrogens with one attached hydrogen (secondary N) is 2. The Morgan fingerprint density at radius 1 is 1.03 bits per heavy atom. The number of phenolic OH excluding ortho intramolecular Hbond substituents is 1. The largest absolute Gasteiger partial charge is 0.507 e. The quantitative estimate of drug-likeness (QED) is 0.403. The van der Waals surface area contributed by atoms with Gasteiger partial charge < -0.3 is 5.11 Å². The Kier molecular flexibility index (Phi) is 5.14.